The van der Waals surface area contributed by atoms with Gasteiger partial charge in [-0.15, -0.1) is 0 Å². The van der Waals surface area contributed by atoms with E-state index in [2.05, 4.69) is 15.0 Å². The maximum Gasteiger partial charge on any atom is 0.406 e. The zero-order valence-electron chi connectivity index (χ0n) is 17.4. The van der Waals surface area contributed by atoms with E-state index in [9.17, 15) is 18.0 Å². The molecule has 5 nitrogen and oxygen atoms in total. The van der Waals surface area contributed by atoms with Gasteiger partial charge in [-0.25, -0.2) is 9.97 Å². The third-order valence-corrected chi connectivity index (χ3v) is 5.22. The molecule has 0 spiro atoms. The number of para-hydroxylation sites is 1. The Hall–Kier alpha value is -3.68. The molecule has 8 heteroatoms. The summed E-state index contributed by atoms with van der Waals surface area (Å²) in [4.78, 5) is 25.3. The van der Waals surface area contributed by atoms with E-state index in [1.54, 1.807) is 12.3 Å². The third-order valence-electron chi connectivity index (χ3n) is 5.22. The van der Waals surface area contributed by atoms with Crippen molar-refractivity contribution in [1.82, 2.24) is 19.9 Å². The number of benzene rings is 2. The number of aromatic nitrogens is 3. The van der Waals surface area contributed by atoms with E-state index < -0.39 is 18.6 Å². The Morgan fingerprint density at radius 2 is 1.94 bits per heavy atom. The molecule has 0 unspecified atom stereocenters. The van der Waals surface area contributed by atoms with E-state index in [4.69, 9.17) is 0 Å². The minimum atomic E-state index is -4.53. The van der Waals surface area contributed by atoms with Crippen molar-refractivity contribution in [3.8, 4) is 11.3 Å². The van der Waals surface area contributed by atoms with Gasteiger partial charge in [0.2, 0.25) is 0 Å². The Morgan fingerprint density at radius 3 is 2.72 bits per heavy atom. The summed E-state index contributed by atoms with van der Waals surface area (Å²) >= 11 is 0. The lowest BCUT2D eigenvalue weighted by molar-refractivity contribution is -0.140. The molecule has 1 amide bonds. The highest BCUT2D eigenvalue weighted by Gasteiger charge is 2.34. The molecule has 0 aliphatic heterocycles. The molecule has 2 heterocycles. The standard InChI is InChI=1S/C24H21F3N4O/c1-16-5-4-6-17(11-16)22-20(13-28-15-30-22)23(32)31(14-24(25,26)27)10-9-18-12-29-21-8-3-2-7-19(18)21/h2-8,11-13,15,29H,9-10,14H2,1H3. The molecule has 0 aliphatic carbocycles. The molecular weight excluding hydrogens is 417 g/mol. The number of hydrogen-bond donors (Lipinski definition) is 1. The number of nitrogens with one attached hydrogen (secondary N) is 1. The van der Waals surface area contributed by atoms with Gasteiger partial charge < -0.3 is 9.88 Å². The molecule has 164 valence electrons. The van der Waals surface area contributed by atoms with Crippen LogP contribution in [0.25, 0.3) is 22.2 Å². The van der Waals surface area contributed by atoms with Crippen LogP contribution in [0, 0.1) is 6.92 Å². The summed E-state index contributed by atoms with van der Waals surface area (Å²) in [5.41, 5.74) is 3.71. The maximum absolute atomic E-state index is 13.3. The van der Waals surface area contributed by atoms with Crippen LogP contribution in [0.15, 0.2) is 67.3 Å². The van der Waals surface area contributed by atoms with Crippen LogP contribution in [0.1, 0.15) is 21.5 Å². The zero-order chi connectivity index (χ0) is 22.7. The molecule has 0 bridgehead atoms. The second kappa shape index (κ2) is 8.82. The van der Waals surface area contributed by atoms with Crippen LogP contribution in [0.2, 0.25) is 0 Å². The van der Waals surface area contributed by atoms with Crippen molar-refractivity contribution in [2.24, 2.45) is 0 Å². The fraction of sp³-hybridized carbons (Fsp3) is 0.208. The SMILES string of the molecule is Cc1cccc(-c2ncncc2C(=O)N(CCc2c[nH]c3ccccc23)CC(F)(F)F)c1. The number of carbonyl (C=O) groups is 1. The molecule has 1 N–H and O–H groups in total. The fourth-order valence-electron chi connectivity index (χ4n) is 3.74. The Bertz CT molecular complexity index is 1250. The third kappa shape index (κ3) is 4.80. The van der Waals surface area contributed by atoms with Gasteiger partial charge in [-0.3, -0.25) is 4.79 Å². The van der Waals surface area contributed by atoms with Crippen molar-refractivity contribution in [1.29, 1.82) is 0 Å². The van der Waals surface area contributed by atoms with Gasteiger partial charge in [0, 0.05) is 35.4 Å². The normalized spacial score (nSPS) is 11.6. The Morgan fingerprint density at radius 1 is 1.12 bits per heavy atom. The summed E-state index contributed by atoms with van der Waals surface area (Å²) in [5.74, 6) is -0.751. The number of aromatic amines is 1. The second-order valence-corrected chi connectivity index (χ2v) is 7.61. The topological polar surface area (TPSA) is 61.9 Å². The largest absolute Gasteiger partial charge is 0.406 e. The predicted octanol–water partition coefficient (Wildman–Crippen LogP) is 5.18. The van der Waals surface area contributed by atoms with Crippen molar-refractivity contribution in [3.05, 3.63) is 83.9 Å². The maximum atomic E-state index is 13.3. The van der Waals surface area contributed by atoms with Crippen molar-refractivity contribution in [3.63, 3.8) is 0 Å². The summed E-state index contributed by atoms with van der Waals surface area (Å²) in [7, 11) is 0. The van der Waals surface area contributed by atoms with Crippen LogP contribution in [0.5, 0.6) is 0 Å². The number of halogens is 3. The highest BCUT2D eigenvalue weighted by molar-refractivity contribution is 5.99. The summed E-state index contributed by atoms with van der Waals surface area (Å²) in [6, 6.07) is 14.9. The minimum Gasteiger partial charge on any atom is -0.361 e. The fourth-order valence-corrected chi connectivity index (χ4v) is 3.74. The Kier molecular flexibility index (Phi) is 5.94. The van der Waals surface area contributed by atoms with E-state index in [1.165, 1.54) is 12.5 Å². The van der Waals surface area contributed by atoms with Crippen LogP contribution in [-0.4, -0.2) is 45.0 Å². The number of H-pyrrole nitrogens is 1. The summed E-state index contributed by atoms with van der Waals surface area (Å²) in [5, 5.41) is 0.926. The van der Waals surface area contributed by atoms with Gasteiger partial charge in [0.05, 0.1) is 11.3 Å². The number of alkyl halides is 3. The van der Waals surface area contributed by atoms with E-state index >= 15 is 0 Å². The number of hydrogen-bond acceptors (Lipinski definition) is 3. The van der Waals surface area contributed by atoms with Crippen molar-refractivity contribution in [2.75, 3.05) is 13.1 Å². The number of fused-ring (bicyclic) bond motifs is 1. The van der Waals surface area contributed by atoms with E-state index in [0.29, 0.717) is 11.3 Å². The molecule has 32 heavy (non-hydrogen) atoms. The number of nitrogens with zero attached hydrogens (tertiary/aromatic N) is 3. The molecule has 4 rings (SSSR count). The first-order chi connectivity index (χ1) is 15.3. The molecule has 2 aromatic heterocycles. The molecular formula is C24H21F3N4O. The van der Waals surface area contributed by atoms with Crippen molar-refractivity contribution in [2.45, 2.75) is 19.5 Å². The zero-order valence-corrected chi connectivity index (χ0v) is 17.4. The van der Waals surface area contributed by atoms with Crippen molar-refractivity contribution < 1.29 is 18.0 Å². The lowest BCUT2D eigenvalue weighted by Crippen LogP contribution is -2.40. The molecule has 4 aromatic rings. The summed E-state index contributed by atoms with van der Waals surface area (Å²) < 4.78 is 40.0. The summed E-state index contributed by atoms with van der Waals surface area (Å²) in [6.45, 7) is 0.446. The quantitative estimate of drug-likeness (QED) is 0.451. The van der Waals surface area contributed by atoms with E-state index in [-0.39, 0.29) is 18.5 Å². The van der Waals surface area contributed by atoms with Crippen LogP contribution >= 0.6 is 0 Å². The summed E-state index contributed by atoms with van der Waals surface area (Å²) in [6.07, 6.45) is 0.0789. The van der Waals surface area contributed by atoms with Gasteiger partial charge in [-0.1, -0.05) is 42.0 Å². The second-order valence-electron chi connectivity index (χ2n) is 7.61. The first-order valence-electron chi connectivity index (χ1n) is 10.1. The molecule has 0 saturated heterocycles. The number of carbonyl (C=O) groups excluding carboxylic acids is 1. The van der Waals surface area contributed by atoms with Gasteiger partial charge in [0.15, 0.2) is 0 Å². The predicted molar refractivity (Wildman–Crippen MR) is 116 cm³/mol. The Balaban J connectivity index is 1.64. The molecule has 0 radical (unpaired) electrons. The van der Waals surface area contributed by atoms with E-state index in [1.807, 2.05) is 49.4 Å². The highest BCUT2D eigenvalue weighted by Crippen LogP contribution is 2.25. The number of amides is 1. The Labute approximate surface area is 182 Å². The van der Waals surface area contributed by atoms with Crippen LogP contribution < -0.4 is 0 Å². The van der Waals surface area contributed by atoms with E-state index in [0.717, 1.165) is 26.9 Å². The first kappa shape index (κ1) is 21.5. The molecule has 2 aromatic carbocycles. The lowest BCUT2D eigenvalue weighted by atomic mass is 10.0. The average Bonchev–Trinajstić information content (AvgIpc) is 3.18. The molecule has 0 saturated carbocycles. The average molecular weight is 438 g/mol. The molecule has 0 aliphatic rings. The molecule has 0 atom stereocenters. The highest BCUT2D eigenvalue weighted by atomic mass is 19.4. The lowest BCUT2D eigenvalue weighted by Gasteiger charge is -2.24. The van der Waals surface area contributed by atoms with Gasteiger partial charge in [0.25, 0.3) is 5.91 Å². The van der Waals surface area contributed by atoms with Gasteiger partial charge in [-0.2, -0.15) is 13.2 Å². The number of rotatable bonds is 6. The minimum absolute atomic E-state index is 0.0428. The molecule has 0 fully saturated rings. The van der Waals surface area contributed by atoms with Crippen LogP contribution in [-0.2, 0) is 6.42 Å². The number of aryl methyl sites for hydroxylation is 1. The monoisotopic (exact) mass is 438 g/mol. The first-order valence-corrected chi connectivity index (χ1v) is 10.1. The smallest absolute Gasteiger partial charge is 0.361 e. The van der Waals surface area contributed by atoms with Crippen LogP contribution in [0.4, 0.5) is 13.2 Å². The van der Waals surface area contributed by atoms with Crippen molar-refractivity contribution >= 4 is 16.8 Å². The van der Waals surface area contributed by atoms with Gasteiger partial charge >= 0.3 is 6.18 Å². The van der Waals surface area contributed by atoms with Gasteiger partial charge in [-0.05, 0) is 31.0 Å². The van der Waals surface area contributed by atoms with Gasteiger partial charge in [0.1, 0.15) is 12.9 Å². The van der Waals surface area contributed by atoms with Crippen LogP contribution in [0.3, 0.4) is 0 Å².